The number of benzene rings is 1. The van der Waals surface area contributed by atoms with Crippen molar-refractivity contribution in [1.29, 1.82) is 0 Å². The molecule has 6 nitrogen and oxygen atoms in total. The van der Waals surface area contributed by atoms with Gasteiger partial charge in [-0.05, 0) is 71.1 Å². The zero-order valence-electron chi connectivity index (χ0n) is 16.3. The highest BCUT2D eigenvalue weighted by Gasteiger charge is 2.26. The third-order valence-electron chi connectivity index (χ3n) is 5.35. The van der Waals surface area contributed by atoms with Crippen LogP contribution in [0, 0.1) is 13.8 Å². The Kier molecular flexibility index (Phi) is 5.32. The van der Waals surface area contributed by atoms with Crippen LogP contribution in [0.25, 0.3) is 0 Å². The standard InChI is InChI=1S/C20H28N4O2/c1-14-19(20(25)23(4)16-6-8-18(26-5)9-7-16)21-15(2)24(14)17-10-12-22(3)13-11-17/h6-9,17H,10-13H2,1-5H3. The van der Waals surface area contributed by atoms with E-state index in [1.165, 1.54) is 0 Å². The van der Waals surface area contributed by atoms with E-state index in [9.17, 15) is 4.79 Å². The summed E-state index contributed by atoms with van der Waals surface area (Å²) in [4.78, 5) is 21.6. The fourth-order valence-corrected chi connectivity index (χ4v) is 3.73. The number of carbonyl (C=O) groups is 1. The number of hydrogen-bond donors (Lipinski definition) is 0. The van der Waals surface area contributed by atoms with Gasteiger partial charge in [0.25, 0.3) is 5.91 Å². The second kappa shape index (κ2) is 7.50. The number of nitrogens with zero attached hydrogens (tertiary/aromatic N) is 4. The van der Waals surface area contributed by atoms with Crippen LogP contribution in [0.3, 0.4) is 0 Å². The van der Waals surface area contributed by atoms with Gasteiger partial charge in [-0.2, -0.15) is 0 Å². The first-order valence-corrected chi connectivity index (χ1v) is 9.08. The average Bonchev–Trinajstić information content (AvgIpc) is 2.95. The van der Waals surface area contributed by atoms with Crippen molar-refractivity contribution >= 4 is 11.6 Å². The Labute approximate surface area is 155 Å². The number of anilines is 1. The average molecular weight is 356 g/mol. The number of ether oxygens (including phenoxy) is 1. The van der Waals surface area contributed by atoms with Gasteiger partial charge in [-0.25, -0.2) is 4.98 Å². The summed E-state index contributed by atoms with van der Waals surface area (Å²) in [6.45, 7) is 6.16. The molecule has 1 amide bonds. The van der Waals surface area contributed by atoms with Crippen LogP contribution >= 0.6 is 0 Å². The molecule has 0 bridgehead atoms. The maximum absolute atomic E-state index is 13.0. The van der Waals surface area contributed by atoms with Gasteiger partial charge in [0.2, 0.25) is 0 Å². The third kappa shape index (κ3) is 3.46. The van der Waals surface area contributed by atoms with E-state index in [0.29, 0.717) is 11.7 Å². The summed E-state index contributed by atoms with van der Waals surface area (Å²) in [6, 6.07) is 7.90. The molecule has 0 N–H and O–H groups in total. The number of likely N-dealkylation sites (tertiary alicyclic amines) is 1. The van der Waals surface area contributed by atoms with E-state index < -0.39 is 0 Å². The molecule has 1 saturated heterocycles. The topological polar surface area (TPSA) is 50.6 Å². The van der Waals surface area contributed by atoms with Crippen LogP contribution in [-0.4, -0.2) is 54.7 Å². The first-order valence-electron chi connectivity index (χ1n) is 9.08. The van der Waals surface area contributed by atoms with Gasteiger partial charge in [-0.1, -0.05) is 0 Å². The summed E-state index contributed by atoms with van der Waals surface area (Å²) >= 11 is 0. The summed E-state index contributed by atoms with van der Waals surface area (Å²) in [7, 11) is 5.57. The molecule has 0 saturated carbocycles. The van der Waals surface area contributed by atoms with Crippen molar-refractivity contribution in [3.63, 3.8) is 0 Å². The van der Waals surface area contributed by atoms with E-state index in [4.69, 9.17) is 4.74 Å². The summed E-state index contributed by atoms with van der Waals surface area (Å²) < 4.78 is 7.44. The maximum atomic E-state index is 13.0. The highest BCUT2D eigenvalue weighted by Crippen LogP contribution is 2.27. The zero-order chi connectivity index (χ0) is 18.8. The zero-order valence-corrected chi connectivity index (χ0v) is 16.3. The van der Waals surface area contributed by atoms with Crippen molar-refractivity contribution < 1.29 is 9.53 Å². The molecule has 1 aliphatic heterocycles. The van der Waals surface area contributed by atoms with Crippen LogP contribution < -0.4 is 9.64 Å². The Balaban J connectivity index is 1.84. The number of imidazole rings is 1. The van der Waals surface area contributed by atoms with Crippen LogP contribution in [0.1, 0.15) is 40.9 Å². The molecule has 0 atom stereocenters. The second-order valence-electron chi connectivity index (χ2n) is 7.06. The van der Waals surface area contributed by atoms with Crippen LogP contribution in [-0.2, 0) is 0 Å². The molecular weight excluding hydrogens is 328 g/mol. The summed E-state index contributed by atoms with van der Waals surface area (Å²) in [5, 5.41) is 0. The van der Waals surface area contributed by atoms with Gasteiger partial charge in [-0.3, -0.25) is 4.79 Å². The molecule has 6 heteroatoms. The number of rotatable bonds is 4. The normalized spacial score (nSPS) is 15.9. The molecule has 2 heterocycles. The van der Waals surface area contributed by atoms with E-state index in [-0.39, 0.29) is 5.91 Å². The number of piperidine rings is 1. The minimum atomic E-state index is -0.0811. The summed E-state index contributed by atoms with van der Waals surface area (Å²) in [5.41, 5.74) is 2.32. The van der Waals surface area contributed by atoms with E-state index in [1.807, 2.05) is 38.1 Å². The van der Waals surface area contributed by atoms with Crippen molar-refractivity contribution in [2.45, 2.75) is 32.7 Å². The molecule has 140 valence electrons. The number of carbonyl (C=O) groups excluding carboxylic acids is 1. The lowest BCUT2D eigenvalue weighted by molar-refractivity contribution is 0.0987. The number of amides is 1. The minimum Gasteiger partial charge on any atom is -0.497 e. The van der Waals surface area contributed by atoms with Crippen LogP contribution in [0.4, 0.5) is 5.69 Å². The van der Waals surface area contributed by atoms with Gasteiger partial charge >= 0.3 is 0 Å². The van der Waals surface area contributed by atoms with E-state index >= 15 is 0 Å². The molecular formula is C20H28N4O2. The quantitative estimate of drug-likeness (QED) is 0.845. The Morgan fingerprint density at radius 1 is 1.19 bits per heavy atom. The molecule has 0 aliphatic carbocycles. The van der Waals surface area contributed by atoms with Crippen LogP contribution in [0.2, 0.25) is 0 Å². The van der Waals surface area contributed by atoms with Gasteiger partial charge < -0.3 is 19.1 Å². The Bertz CT molecular complexity index is 774. The highest BCUT2D eigenvalue weighted by molar-refractivity contribution is 6.05. The molecule has 0 spiro atoms. The third-order valence-corrected chi connectivity index (χ3v) is 5.35. The molecule has 1 aromatic heterocycles. The predicted octanol–water partition coefficient (Wildman–Crippen LogP) is 3.05. The maximum Gasteiger partial charge on any atom is 0.278 e. The molecule has 3 rings (SSSR count). The Morgan fingerprint density at radius 3 is 2.38 bits per heavy atom. The van der Waals surface area contributed by atoms with E-state index in [2.05, 4.69) is 21.5 Å². The smallest absolute Gasteiger partial charge is 0.278 e. The van der Waals surface area contributed by atoms with E-state index in [0.717, 1.165) is 48.9 Å². The fourth-order valence-electron chi connectivity index (χ4n) is 3.73. The lowest BCUT2D eigenvalue weighted by Crippen LogP contribution is -2.32. The lowest BCUT2D eigenvalue weighted by Gasteiger charge is -2.31. The van der Waals surface area contributed by atoms with Gasteiger partial charge in [0.15, 0.2) is 0 Å². The van der Waals surface area contributed by atoms with Crippen molar-refractivity contribution in [3.05, 3.63) is 41.5 Å². The largest absolute Gasteiger partial charge is 0.497 e. The Morgan fingerprint density at radius 2 is 1.81 bits per heavy atom. The summed E-state index contributed by atoms with van der Waals surface area (Å²) in [6.07, 6.45) is 2.19. The van der Waals surface area contributed by atoms with Gasteiger partial charge in [0.1, 0.15) is 17.3 Å². The summed E-state index contributed by atoms with van der Waals surface area (Å²) in [5.74, 6) is 1.61. The predicted molar refractivity (Wildman–Crippen MR) is 103 cm³/mol. The van der Waals surface area contributed by atoms with Gasteiger partial charge in [0, 0.05) is 24.5 Å². The molecule has 1 aliphatic rings. The number of methoxy groups -OCH3 is 1. The Hall–Kier alpha value is -2.34. The van der Waals surface area contributed by atoms with Crippen molar-refractivity contribution in [2.24, 2.45) is 0 Å². The molecule has 1 aromatic carbocycles. The number of aromatic nitrogens is 2. The van der Waals surface area contributed by atoms with Crippen molar-refractivity contribution in [2.75, 3.05) is 39.2 Å². The van der Waals surface area contributed by atoms with Crippen LogP contribution in [0.5, 0.6) is 5.75 Å². The minimum absolute atomic E-state index is 0.0811. The molecule has 1 fully saturated rings. The first kappa shape index (κ1) is 18.5. The van der Waals surface area contributed by atoms with Crippen molar-refractivity contribution in [1.82, 2.24) is 14.5 Å². The molecule has 0 unspecified atom stereocenters. The van der Waals surface area contributed by atoms with Gasteiger partial charge in [-0.15, -0.1) is 0 Å². The van der Waals surface area contributed by atoms with Crippen molar-refractivity contribution in [3.8, 4) is 5.75 Å². The second-order valence-corrected chi connectivity index (χ2v) is 7.06. The van der Waals surface area contributed by atoms with Crippen LogP contribution in [0.15, 0.2) is 24.3 Å². The van der Waals surface area contributed by atoms with E-state index in [1.54, 1.807) is 19.1 Å². The highest BCUT2D eigenvalue weighted by atomic mass is 16.5. The number of hydrogen-bond acceptors (Lipinski definition) is 4. The lowest BCUT2D eigenvalue weighted by atomic mass is 10.0. The SMILES string of the molecule is COc1ccc(N(C)C(=O)c2nc(C)n(C3CCN(C)CC3)c2C)cc1. The first-order chi connectivity index (χ1) is 12.4. The van der Waals surface area contributed by atoms with Gasteiger partial charge in [0.05, 0.1) is 7.11 Å². The molecule has 2 aromatic rings. The number of aryl methyl sites for hydroxylation is 1. The molecule has 26 heavy (non-hydrogen) atoms. The monoisotopic (exact) mass is 356 g/mol. The fraction of sp³-hybridized carbons (Fsp3) is 0.500. The molecule has 0 radical (unpaired) electrons.